The molecule has 7 heteroatoms. The van der Waals surface area contributed by atoms with Crippen LogP contribution in [0.25, 0.3) is 0 Å². The van der Waals surface area contributed by atoms with Crippen LogP contribution in [0.15, 0.2) is 17.6 Å². The number of hydrogen-bond acceptors (Lipinski definition) is 5. The van der Waals surface area contributed by atoms with Crippen LogP contribution in [0.4, 0.5) is 9.18 Å². The summed E-state index contributed by atoms with van der Waals surface area (Å²) in [5.74, 6) is 0.429. The summed E-state index contributed by atoms with van der Waals surface area (Å²) in [7, 11) is 0. The Morgan fingerprint density at radius 2 is 2.04 bits per heavy atom. The van der Waals surface area contributed by atoms with Crippen molar-refractivity contribution in [1.29, 1.82) is 0 Å². The summed E-state index contributed by atoms with van der Waals surface area (Å²) in [6.45, 7) is 14.0. The van der Waals surface area contributed by atoms with Gasteiger partial charge in [0, 0.05) is 12.6 Å². The second-order valence-corrected chi connectivity index (χ2v) is 8.27. The number of halogens is 1. The molecule has 0 spiro atoms. The van der Waals surface area contributed by atoms with Gasteiger partial charge in [-0.15, -0.1) is 0 Å². The van der Waals surface area contributed by atoms with E-state index in [-0.39, 0.29) is 23.5 Å². The van der Waals surface area contributed by atoms with Gasteiger partial charge in [-0.05, 0) is 50.0 Å². The van der Waals surface area contributed by atoms with E-state index in [2.05, 4.69) is 43.1 Å². The fourth-order valence-electron chi connectivity index (χ4n) is 3.79. The Hall–Kier alpha value is -1.79. The first-order valence-electron chi connectivity index (χ1n) is 9.22. The van der Waals surface area contributed by atoms with Gasteiger partial charge in [-0.3, -0.25) is 0 Å². The quantitative estimate of drug-likeness (QED) is 0.363. The normalized spacial score (nSPS) is 25.3. The molecule has 26 heavy (non-hydrogen) atoms. The largest absolute Gasteiger partial charge is 0.447 e. The van der Waals surface area contributed by atoms with Crippen molar-refractivity contribution in [2.45, 2.75) is 66.3 Å². The molecule has 1 saturated carbocycles. The molecule has 2 N–H and O–H groups in total. The molecule has 0 heterocycles. The molecule has 0 aromatic carbocycles. The average molecular weight is 371 g/mol. The molecular formula is C19H34FN3O3. The molecule has 2 unspecified atom stereocenters. The first kappa shape index (κ1) is 22.3. The van der Waals surface area contributed by atoms with Gasteiger partial charge in [0.1, 0.15) is 13.3 Å². The minimum Gasteiger partial charge on any atom is -0.447 e. The van der Waals surface area contributed by atoms with E-state index in [9.17, 15) is 9.18 Å². The number of carbonyl (C=O) groups excluding carboxylic acids is 1. The Morgan fingerprint density at radius 1 is 1.35 bits per heavy atom. The SMILES string of the molecule is C=C(NC1CC(C)(C)CC(C)(CNC(=O)OCCF)C1)ON=C(C)CC. The molecule has 1 amide bonds. The predicted molar refractivity (Wildman–Crippen MR) is 102 cm³/mol. The fraction of sp³-hybridized carbons (Fsp3) is 0.789. The zero-order valence-electron chi connectivity index (χ0n) is 16.8. The van der Waals surface area contributed by atoms with Crippen LogP contribution in [0.5, 0.6) is 0 Å². The van der Waals surface area contributed by atoms with E-state index in [0.717, 1.165) is 31.4 Å². The van der Waals surface area contributed by atoms with Crippen LogP contribution in [0.2, 0.25) is 0 Å². The van der Waals surface area contributed by atoms with Crippen LogP contribution in [0.1, 0.15) is 60.3 Å². The monoisotopic (exact) mass is 371 g/mol. The number of carbonyl (C=O) groups is 1. The van der Waals surface area contributed by atoms with Crippen molar-refractivity contribution in [1.82, 2.24) is 10.6 Å². The standard InChI is InChI=1S/C19H34FN3O3/c1-7-14(2)23-26-15(3)22-16-10-18(4,5)12-19(6,11-16)13-21-17(24)25-9-8-20/h16,22H,3,7-13H2,1-2,4-6H3,(H,21,24). The highest BCUT2D eigenvalue weighted by molar-refractivity contribution is 5.80. The lowest BCUT2D eigenvalue weighted by Gasteiger charge is -2.47. The number of nitrogens with one attached hydrogen (secondary N) is 2. The molecule has 1 rings (SSSR count). The molecule has 0 radical (unpaired) electrons. The Kier molecular flexibility index (Phi) is 8.37. The summed E-state index contributed by atoms with van der Waals surface area (Å²) in [5, 5.41) is 10.1. The number of alkyl halides is 1. The minimum absolute atomic E-state index is 0.0953. The van der Waals surface area contributed by atoms with Gasteiger partial charge in [-0.25, -0.2) is 9.18 Å². The van der Waals surface area contributed by atoms with E-state index in [1.54, 1.807) is 0 Å². The molecule has 0 bridgehead atoms. The van der Waals surface area contributed by atoms with Gasteiger partial charge in [0.15, 0.2) is 0 Å². The van der Waals surface area contributed by atoms with Crippen LogP contribution >= 0.6 is 0 Å². The third-order valence-electron chi connectivity index (χ3n) is 4.60. The van der Waals surface area contributed by atoms with Crippen molar-refractivity contribution >= 4 is 11.8 Å². The van der Waals surface area contributed by atoms with Crippen LogP contribution in [-0.2, 0) is 9.57 Å². The van der Waals surface area contributed by atoms with Crippen LogP contribution in [0, 0.1) is 10.8 Å². The van der Waals surface area contributed by atoms with E-state index in [4.69, 9.17) is 9.57 Å². The van der Waals surface area contributed by atoms with Crippen molar-refractivity contribution in [3.63, 3.8) is 0 Å². The summed E-state index contributed by atoms with van der Waals surface area (Å²) in [5.41, 5.74) is 0.882. The maximum Gasteiger partial charge on any atom is 0.407 e. The van der Waals surface area contributed by atoms with Gasteiger partial charge in [0.25, 0.3) is 0 Å². The summed E-state index contributed by atoms with van der Waals surface area (Å²) in [6, 6.07) is 0.164. The maximum absolute atomic E-state index is 12.1. The molecule has 1 aliphatic carbocycles. The number of amides is 1. The summed E-state index contributed by atoms with van der Waals surface area (Å²) >= 11 is 0. The zero-order chi connectivity index (χ0) is 19.8. The molecular weight excluding hydrogens is 337 g/mol. The van der Waals surface area contributed by atoms with Crippen molar-refractivity contribution < 1.29 is 18.8 Å². The average Bonchev–Trinajstić information content (AvgIpc) is 2.54. The number of oxime groups is 1. The first-order chi connectivity index (χ1) is 12.1. The second-order valence-electron chi connectivity index (χ2n) is 8.27. The van der Waals surface area contributed by atoms with Gasteiger partial charge >= 0.3 is 6.09 Å². The first-order valence-corrected chi connectivity index (χ1v) is 9.22. The lowest BCUT2D eigenvalue weighted by atomic mass is 9.62. The number of nitrogens with zero attached hydrogens (tertiary/aromatic N) is 1. The van der Waals surface area contributed by atoms with E-state index in [1.165, 1.54) is 0 Å². The van der Waals surface area contributed by atoms with Crippen molar-refractivity contribution in [3.8, 4) is 0 Å². The van der Waals surface area contributed by atoms with Gasteiger partial charge < -0.3 is 20.2 Å². The van der Waals surface area contributed by atoms with Crippen LogP contribution in [-0.4, -0.2) is 37.7 Å². The molecule has 0 aromatic rings. The third kappa shape index (κ3) is 8.06. The summed E-state index contributed by atoms with van der Waals surface area (Å²) in [6.07, 6.45) is 3.02. The molecule has 0 saturated heterocycles. The highest BCUT2D eigenvalue weighted by Crippen LogP contribution is 2.45. The Bertz CT molecular complexity index is 522. The van der Waals surface area contributed by atoms with Gasteiger partial charge in [0.05, 0.1) is 5.71 Å². The lowest BCUT2D eigenvalue weighted by Crippen LogP contribution is -2.49. The van der Waals surface area contributed by atoms with Crippen molar-refractivity contribution in [2.75, 3.05) is 19.8 Å². The van der Waals surface area contributed by atoms with E-state index in [1.807, 2.05) is 13.8 Å². The molecule has 150 valence electrons. The molecule has 6 nitrogen and oxygen atoms in total. The van der Waals surface area contributed by atoms with Crippen molar-refractivity contribution in [3.05, 3.63) is 12.5 Å². The highest BCUT2D eigenvalue weighted by Gasteiger charge is 2.41. The molecule has 1 aliphatic rings. The Labute approximate surface area is 156 Å². The minimum atomic E-state index is -0.675. The smallest absolute Gasteiger partial charge is 0.407 e. The van der Waals surface area contributed by atoms with E-state index in [0.29, 0.717) is 12.4 Å². The zero-order valence-corrected chi connectivity index (χ0v) is 16.8. The topological polar surface area (TPSA) is 72.0 Å². The fourth-order valence-corrected chi connectivity index (χ4v) is 3.79. The molecule has 2 atom stereocenters. The summed E-state index contributed by atoms with van der Waals surface area (Å²) < 4.78 is 16.8. The van der Waals surface area contributed by atoms with Gasteiger partial charge in [-0.2, -0.15) is 0 Å². The Balaban J connectivity index is 2.63. The lowest BCUT2D eigenvalue weighted by molar-refractivity contribution is 0.0607. The molecule has 1 fully saturated rings. The highest BCUT2D eigenvalue weighted by atomic mass is 19.1. The third-order valence-corrected chi connectivity index (χ3v) is 4.60. The Morgan fingerprint density at radius 3 is 2.65 bits per heavy atom. The number of rotatable bonds is 9. The van der Waals surface area contributed by atoms with Crippen molar-refractivity contribution in [2.24, 2.45) is 16.0 Å². The van der Waals surface area contributed by atoms with Crippen LogP contribution < -0.4 is 10.6 Å². The number of hydrogen-bond donors (Lipinski definition) is 2. The molecule has 0 aliphatic heterocycles. The maximum atomic E-state index is 12.1. The number of alkyl carbamates (subject to hydrolysis) is 1. The van der Waals surface area contributed by atoms with E-state index < -0.39 is 12.8 Å². The predicted octanol–water partition coefficient (Wildman–Crippen LogP) is 4.13. The van der Waals surface area contributed by atoms with E-state index >= 15 is 0 Å². The molecule has 0 aromatic heterocycles. The number of ether oxygens (including phenoxy) is 1. The second kappa shape index (κ2) is 9.78. The summed E-state index contributed by atoms with van der Waals surface area (Å²) in [4.78, 5) is 17.0. The van der Waals surface area contributed by atoms with Gasteiger partial charge in [-0.1, -0.05) is 32.9 Å². The van der Waals surface area contributed by atoms with Gasteiger partial charge in [0.2, 0.25) is 5.88 Å². The van der Waals surface area contributed by atoms with Crippen LogP contribution in [0.3, 0.4) is 0 Å².